The number of nitriles is 1. The van der Waals surface area contributed by atoms with Gasteiger partial charge in [-0.25, -0.2) is 4.98 Å². The van der Waals surface area contributed by atoms with E-state index in [1.54, 1.807) is 15.9 Å². The van der Waals surface area contributed by atoms with Crippen molar-refractivity contribution in [1.82, 2.24) is 14.6 Å². The highest BCUT2D eigenvalue weighted by atomic mass is 32.1. The van der Waals surface area contributed by atoms with Gasteiger partial charge in [-0.1, -0.05) is 45.5 Å². The van der Waals surface area contributed by atoms with Gasteiger partial charge in [0.1, 0.15) is 11.1 Å². The Hall–Kier alpha value is -1.41. The fraction of sp³-hybridized carbons (Fsp3) is 0.615. The highest BCUT2D eigenvalue weighted by Crippen LogP contribution is 2.28. The van der Waals surface area contributed by atoms with Crippen molar-refractivity contribution in [3.63, 3.8) is 0 Å². The van der Waals surface area contributed by atoms with E-state index in [0.29, 0.717) is 5.69 Å². The monoisotopic (exact) mass is 262 g/mol. The molecule has 18 heavy (non-hydrogen) atoms. The zero-order valence-corrected chi connectivity index (χ0v) is 12.1. The van der Waals surface area contributed by atoms with E-state index in [1.165, 1.54) is 0 Å². The van der Waals surface area contributed by atoms with Crippen molar-refractivity contribution in [3.05, 3.63) is 16.4 Å². The van der Waals surface area contributed by atoms with Crippen molar-refractivity contribution in [2.45, 2.75) is 52.4 Å². The van der Waals surface area contributed by atoms with Crippen LogP contribution in [0.1, 0.15) is 56.9 Å². The Labute approximate surface area is 111 Å². The van der Waals surface area contributed by atoms with E-state index in [0.717, 1.165) is 34.9 Å². The minimum atomic E-state index is -0.123. The highest BCUT2D eigenvalue weighted by Gasteiger charge is 2.25. The lowest BCUT2D eigenvalue weighted by molar-refractivity contribution is 0.570. The van der Waals surface area contributed by atoms with Crippen LogP contribution in [-0.2, 0) is 11.8 Å². The largest absolute Gasteiger partial charge is 0.221 e. The van der Waals surface area contributed by atoms with Crippen LogP contribution >= 0.6 is 11.3 Å². The van der Waals surface area contributed by atoms with Crippen LogP contribution in [0, 0.1) is 11.3 Å². The van der Waals surface area contributed by atoms with Crippen LogP contribution < -0.4 is 0 Å². The Morgan fingerprint density at radius 2 is 2.11 bits per heavy atom. The Morgan fingerprint density at radius 1 is 1.39 bits per heavy atom. The second kappa shape index (κ2) is 4.69. The van der Waals surface area contributed by atoms with Gasteiger partial charge in [0.05, 0.1) is 5.69 Å². The molecule has 0 N–H and O–H groups in total. The third-order valence-corrected chi connectivity index (χ3v) is 3.77. The van der Waals surface area contributed by atoms with Crippen molar-refractivity contribution < 1.29 is 0 Å². The standard InChI is InChI=1S/C13H18N4S/c1-5-6-7-10-16-17-9(8-14)11(13(2,3)4)15-12(17)18-10/h5-7H2,1-4H3. The van der Waals surface area contributed by atoms with Gasteiger partial charge in [0.25, 0.3) is 0 Å². The van der Waals surface area contributed by atoms with Gasteiger partial charge in [-0.3, -0.25) is 0 Å². The van der Waals surface area contributed by atoms with E-state index < -0.39 is 0 Å². The van der Waals surface area contributed by atoms with Gasteiger partial charge in [0.15, 0.2) is 5.69 Å². The molecule has 0 atom stereocenters. The number of unbranched alkanes of at least 4 members (excludes halogenated alkanes) is 1. The molecule has 0 aliphatic heterocycles. The number of aromatic nitrogens is 3. The first-order chi connectivity index (χ1) is 8.47. The second-order valence-corrected chi connectivity index (χ2v) is 6.51. The molecule has 4 nitrogen and oxygen atoms in total. The summed E-state index contributed by atoms with van der Waals surface area (Å²) in [7, 11) is 0. The molecule has 96 valence electrons. The van der Waals surface area contributed by atoms with Gasteiger partial charge >= 0.3 is 0 Å². The Kier molecular flexibility index (Phi) is 3.40. The quantitative estimate of drug-likeness (QED) is 0.852. The summed E-state index contributed by atoms with van der Waals surface area (Å²) in [5, 5.41) is 14.9. The summed E-state index contributed by atoms with van der Waals surface area (Å²) in [6, 6.07) is 2.24. The summed E-state index contributed by atoms with van der Waals surface area (Å²) in [4.78, 5) is 5.42. The Morgan fingerprint density at radius 3 is 2.67 bits per heavy atom. The maximum Gasteiger partial charge on any atom is 0.213 e. The molecule has 0 bridgehead atoms. The molecule has 2 heterocycles. The molecule has 0 amide bonds. The van der Waals surface area contributed by atoms with Crippen LogP contribution in [0.3, 0.4) is 0 Å². The summed E-state index contributed by atoms with van der Waals surface area (Å²) >= 11 is 1.59. The molecule has 2 aromatic heterocycles. The van der Waals surface area contributed by atoms with Gasteiger partial charge in [0.2, 0.25) is 4.96 Å². The van der Waals surface area contributed by atoms with Crippen molar-refractivity contribution in [2.75, 3.05) is 0 Å². The zero-order chi connectivity index (χ0) is 13.3. The van der Waals surface area contributed by atoms with E-state index in [2.05, 4.69) is 43.8 Å². The second-order valence-electron chi connectivity index (χ2n) is 5.46. The highest BCUT2D eigenvalue weighted by molar-refractivity contribution is 7.16. The van der Waals surface area contributed by atoms with Gasteiger partial charge in [-0.05, 0) is 6.42 Å². The van der Waals surface area contributed by atoms with Gasteiger partial charge in [-0.2, -0.15) is 14.9 Å². The molecule has 0 radical (unpaired) electrons. The maximum absolute atomic E-state index is 9.31. The number of hydrogen-bond acceptors (Lipinski definition) is 4. The summed E-state index contributed by atoms with van der Waals surface area (Å²) in [5.74, 6) is 0. The van der Waals surface area contributed by atoms with Crippen LogP contribution in [0.4, 0.5) is 0 Å². The molecule has 0 saturated carbocycles. The number of fused-ring (bicyclic) bond motifs is 1. The molecule has 0 unspecified atom stereocenters. The van der Waals surface area contributed by atoms with Crippen molar-refractivity contribution in [2.24, 2.45) is 0 Å². The van der Waals surface area contributed by atoms with Gasteiger partial charge < -0.3 is 0 Å². The number of rotatable bonds is 3. The molecule has 2 aromatic rings. The molecule has 0 aromatic carbocycles. The number of aryl methyl sites for hydroxylation is 1. The molecule has 0 fully saturated rings. The first-order valence-corrected chi connectivity index (χ1v) is 7.08. The average molecular weight is 262 g/mol. The first kappa shape index (κ1) is 13.0. The van der Waals surface area contributed by atoms with Crippen LogP contribution in [0.15, 0.2) is 0 Å². The fourth-order valence-electron chi connectivity index (χ4n) is 1.84. The fourth-order valence-corrected chi connectivity index (χ4v) is 2.78. The molecule has 0 spiro atoms. The lowest BCUT2D eigenvalue weighted by Crippen LogP contribution is -2.14. The van der Waals surface area contributed by atoms with E-state index in [-0.39, 0.29) is 5.41 Å². The summed E-state index contributed by atoms with van der Waals surface area (Å²) in [6.45, 7) is 8.37. The Balaban J connectivity index is 2.48. The maximum atomic E-state index is 9.31. The molecule has 5 heteroatoms. The number of hydrogen-bond donors (Lipinski definition) is 0. The normalized spacial score (nSPS) is 11.9. The minimum Gasteiger partial charge on any atom is -0.221 e. The minimum absolute atomic E-state index is 0.123. The SMILES string of the molecule is CCCCc1nn2c(C#N)c(C(C)(C)C)nc2s1. The average Bonchev–Trinajstić information content (AvgIpc) is 2.81. The van der Waals surface area contributed by atoms with E-state index in [1.807, 2.05) is 0 Å². The third-order valence-electron chi connectivity index (χ3n) is 2.81. The molecule has 2 rings (SSSR count). The van der Waals surface area contributed by atoms with Crippen molar-refractivity contribution in [3.8, 4) is 6.07 Å². The summed E-state index contributed by atoms with van der Waals surface area (Å²) in [6.07, 6.45) is 3.26. The molecule has 0 aliphatic rings. The van der Waals surface area contributed by atoms with Crippen LogP contribution in [0.25, 0.3) is 4.96 Å². The topological polar surface area (TPSA) is 54.0 Å². The van der Waals surface area contributed by atoms with Crippen molar-refractivity contribution in [1.29, 1.82) is 5.26 Å². The van der Waals surface area contributed by atoms with E-state index in [4.69, 9.17) is 0 Å². The van der Waals surface area contributed by atoms with Crippen LogP contribution in [0.5, 0.6) is 0 Å². The smallest absolute Gasteiger partial charge is 0.213 e. The third kappa shape index (κ3) is 2.25. The Bertz CT molecular complexity index is 595. The van der Waals surface area contributed by atoms with Gasteiger partial charge in [-0.15, -0.1) is 0 Å². The number of nitrogens with zero attached hydrogens (tertiary/aromatic N) is 4. The molecule has 0 aliphatic carbocycles. The van der Waals surface area contributed by atoms with Crippen molar-refractivity contribution >= 4 is 16.3 Å². The van der Waals surface area contributed by atoms with Crippen LogP contribution in [0.2, 0.25) is 0 Å². The predicted octanol–water partition coefficient (Wildman–Crippen LogP) is 3.30. The number of imidazole rings is 1. The zero-order valence-electron chi connectivity index (χ0n) is 11.3. The molecular formula is C13H18N4S. The molecule has 0 saturated heterocycles. The summed E-state index contributed by atoms with van der Waals surface area (Å²) in [5.41, 5.74) is 1.30. The lowest BCUT2D eigenvalue weighted by atomic mass is 9.91. The predicted molar refractivity (Wildman–Crippen MR) is 72.9 cm³/mol. The van der Waals surface area contributed by atoms with E-state index >= 15 is 0 Å². The first-order valence-electron chi connectivity index (χ1n) is 6.26. The lowest BCUT2D eigenvalue weighted by Gasteiger charge is -2.14. The van der Waals surface area contributed by atoms with E-state index in [9.17, 15) is 5.26 Å². The van der Waals surface area contributed by atoms with Gasteiger partial charge in [0, 0.05) is 11.8 Å². The van der Waals surface area contributed by atoms with Crippen LogP contribution in [-0.4, -0.2) is 14.6 Å². The summed E-state index contributed by atoms with van der Waals surface area (Å²) < 4.78 is 1.70. The molecular weight excluding hydrogens is 244 g/mol.